The topological polar surface area (TPSA) is 25.0 Å². The molecule has 0 spiro atoms. The van der Waals surface area contributed by atoms with Gasteiger partial charge in [-0.05, 0) is 60.5 Å². The number of hydrogen-bond acceptors (Lipinski definition) is 1. The van der Waals surface area contributed by atoms with E-state index in [4.69, 9.17) is 4.74 Å². The maximum Gasteiger partial charge on any atom is 0.127 e. The first kappa shape index (κ1) is 11.6. The largest absolute Gasteiger partial charge is 0.457 e. The number of benzene rings is 2. The predicted molar refractivity (Wildman–Crippen MR) is 77.5 cm³/mol. The highest BCUT2D eigenvalue weighted by atomic mass is 16.5. The molecule has 0 bridgehead atoms. The summed E-state index contributed by atoms with van der Waals surface area (Å²) in [6.45, 7) is 2.08. The Morgan fingerprint density at radius 3 is 2.16 bits per heavy atom. The van der Waals surface area contributed by atoms with Crippen molar-refractivity contribution >= 4 is 0 Å². The van der Waals surface area contributed by atoms with Crippen LogP contribution in [0, 0.1) is 6.92 Å². The monoisotopic (exact) mass is 249 g/mol. The Labute approximate surface area is 112 Å². The van der Waals surface area contributed by atoms with Crippen LogP contribution >= 0.6 is 0 Å². The molecule has 0 aliphatic rings. The molecule has 0 atom stereocenters. The highest BCUT2D eigenvalue weighted by molar-refractivity contribution is 5.61. The summed E-state index contributed by atoms with van der Waals surface area (Å²) in [5.41, 5.74) is 3.52. The second-order valence-corrected chi connectivity index (χ2v) is 4.53. The molecule has 0 amide bonds. The molecule has 0 fully saturated rings. The molecule has 0 radical (unpaired) electrons. The zero-order valence-corrected chi connectivity index (χ0v) is 10.8. The molecule has 3 aromatic rings. The smallest absolute Gasteiger partial charge is 0.127 e. The van der Waals surface area contributed by atoms with Crippen LogP contribution in [0.4, 0.5) is 0 Å². The predicted octanol–water partition coefficient (Wildman–Crippen LogP) is 4.78. The van der Waals surface area contributed by atoms with Crippen molar-refractivity contribution in [2.45, 2.75) is 6.92 Å². The zero-order chi connectivity index (χ0) is 13.1. The number of aromatic nitrogens is 1. The van der Waals surface area contributed by atoms with Gasteiger partial charge < -0.3 is 9.72 Å². The third-order valence-electron chi connectivity index (χ3n) is 2.97. The van der Waals surface area contributed by atoms with Crippen LogP contribution in [0.15, 0.2) is 66.9 Å². The van der Waals surface area contributed by atoms with Crippen molar-refractivity contribution in [3.63, 3.8) is 0 Å². The van der Waals surface area contributed by atoms with E-state index in [0.29, 0.717) is 0 Å². The quantitative estimate of drug-likeness (QED) is 0.709. The summed E-state index contributed by atoms with van der Waals surface area (Å²) in [7, 11) is 0. The second kappa shape index (κ2) is 5.02. The Morgan fingerprint density at radius 1 is 0.842 bits per heavy atom. The van der Waals surface area contributed by atoms with Gasteiger partial charge in [0.1, 0.15) is 11.5 Å². The molecule has 0 aliphatic heterocycles. The van der Waals surface area contributed by atoms with E-state index in [-0.39, 0.29) is 0 Å². The van der Waals surface area contributed by atoms with Crippen molar-refractivity contribution in [2.24, 2.45) is 0 Å². The molecule has 2 heteroatoms. The first-order valence-corrected chi connectivity index (χ1v) is 6.29. The minimum absolute atomic E-state index is 0.846. The molecule has 2 aromatic carbocycles. The number of nitrogens with one attached hydrogen (secondary N) is 1. The lowest BCUT2D eigenvalue weighted by Gasteiger charge is -2.06. The normalized spacial score (nSPS) is 10.4. The Bertz CT molecular complexity index is 653. The SMILES string of the molecule is Cc1c[nH]c(-c2ccc(Oc3ccccc3)cc2)c1. The van der Waals surface area contributed by atoms with Crippen molar-refractivity contribution in [2.75, 3.05) is 0 Å². The van der Waals surface area contributed by atoms with Crippen molar-refractivity contribution < 1.29 is 4.74 Å². The third kappa shape index (κ3) is 2.68. The first-order chi connectivity index (χ1) is 9.31. The third-order valence-corrected chi connectivity index (χ3v) is 2.97. The van der Waals surface area contributed by atoms with E-state index in [1.165, 1.54) is 5.56 Å². The van der Waals surface area contributed by atoms with Gasteiger partial charge in [-0.1, -0.05) is 18.2 Å². The van der Waals surface area contributed by atoms with Crippen LogP contribution in [0.1, 0.15) is 5.56 Å². The number of ether oxygens (including phenoxy) is 1. The van der Waals surface area contributed by atoms with Gasteiger partial charge in [0.2, 0.25) is 0 Å². The van der Waals surface area contributed by atoms with Crippen LogP contribution in [-0.4, -0.2) is 4.98 Å². The lowest BCUT2D eigenvalue weighted by atomic mass is 10.1. The fraction of sp³-hybridized carbons (Fsp3) is 0.0588. The van der Waals surface area contributed by atoms with E-state index in [2.05, 4.69) is 30.1 Å². The number of rotatable bonds is 3. The lowest BCUT2D eigenvalue weighted by Crippen LogP contribution is -1.83. The first-order valence-electron chi connectivity index (χ1n) is 6.29. The summed E-state index contributed by atoms with van der Waals surface area (Å²) in [6.07, 6.45) is 2.00. The lowest BCUT2D eigenvalue weighted by molar-refractivity contribution is 0.483. The van der Waals surface area contributed by atoms with Crippen LogP contribution in [0.2, 0.25) is 0 Å². The van der Waals surface area contributed by atoms with Crippen LogP contribution in [0.5, 0.6) is 11.5 Å². The molecule has 0 unspecified atom stereocenters. The van der Waals surface area contributed by atoms with Gasteiger partial charge in [-0.25, -0.2) is 0 Å². The van der Waals surface area contributed by atoms with Crippen molar-refractivity contribution in [3.8, 4) is 22.8 Å². The summed E-state index contributed by atoms with van der Waals surface area (Å²) in [5.74, 6) is 1.70. The molecule has 1 heterocycles. The highest BCUT2D eigenvalue weighted by Gasteiger charge is 2.01. The maximum atomic E-state index is 5.76. The van der Waals surface area contributed by atoms with Gasteiger partial charge >= 0.3 is 0 Å². The second-order valence-electron chi connectivity index (χ2n) is 4.53. The van der Waals surface area contributed by atoms with Crippen LogP contribution in [0.3, 0.4) is 0 Å². The Kier molecular flexibility index (Phi) is 3.07. The summed E-state index contributed by atoms with van der Waals surface area (Å²) < 4.78 is 5.76. The number of aromatic amines is 1. The van der Waals surface area contributed by atoms with Gasteiger partial charge in [-0.3, -0.25) is 0 Å². The van der Waals surface area contributed by atoms with Gasteiger partial charge in [0.15, 0.2) is 0 Å². The molecule has 0 saturated heterocycles. The molecule has 19 heavy (non-hydrogen) atoms. The van der Waals surface area contributed by atoms with Crippen molar-refractivity contribution in [1.82, 2.24) is 4.98 Å². The minimum atomic E-state index is 0.846. The highest BCUT2D eigenvalue weighted by Crippen LogP contribution is 2.25. The molecular formula is C17H15NO. The summed E-state index contributed by atoms with van der Waals surface area (Å²) >= 11 is 0. The van der Waals surface area contributed by atoms with Gasteiger partial charge in [-0.15, -0.1) is 0 Å². The number of aryl methyl sites for hydroxylation is 1. The fourth-order valence-corrected chi connectivity index (χ4v) is 2.00. The van der Waals surface area contributed by atoms with E-state index in [0.717, 1.165) is 22.8 Å². The van der Waals surface area contributed by atoms with Gasteiger partial charge in [0.25, 0.3) is 0 Å². The van der Waals surface area contributed by atoms with Gasteiger partial charge in [0.05, 0.1) is 0 Å². The average Bonchev–Trinajstić information content (AvgIpc) is 2.87. The molecule has 0 aliphatic carbocycles. The molecule has 1 N–H and O–H groups in total. The summed E-state index contributed by atoms with van der Waals surface area (Å²) in [4.78, 5) is 3.25. The number of para-hydroxylation sites is 1. The molecule has 2 nitrogen and oxygen atoms in total. The van der Waals surface area contributed by atoms with Gasteiger partial charge in [-0.2, -0.15) is 0 Å². The van der Waals surface area contributed by atoms with E-state index >= 15 is 0 Å². The maximum absolute atomic E-state index is 5.76. The zero-order valence-electron chi connectivity index (χ0n) is 10.8. The van der Waals surface area contributed by atoms with Crippen molar-refractivity contribution in [3.05, 3.63) is 72.4 Å². The number of H-pyrrole nitrogens is 1. The molecule has 3 rings (SSSR count). The standard InChI is InChI=1S/C17H15NO/c1-13-11-17(18-12-13)14-7-9-16(10-8-14)19-15-5-3-2-4-6-15/h2-12,18H,1H3. The Hall–Kier alpha value is -2.48. The average molecular weight is 249 g/mol. The fourth-order valence-electron chi connectivity index (χ4n) is 2.00. The van der Waals surface area contributed by atoms with Crippen molar-refractivity contribution in [1.29, 1.82) is 0 Å². The minimum Gasteiger partial charge on any atom is -0.457 e. The van der Waals surface area contributed by atoms with E-state index < -0.39 is 0 Å². The number of hydrogen-bond donors (Lipinski definition) is 1. The van der Waals surface area contributed by atoms with Crippen LogP contribution in [-0.2, 0) is 0 Å². The molecule has 1 aromatic heterocycles. The summed E-state index contributed by atoms with van der Waals surface area (Å²) in [5, 5.41) is 0. The summed E-state index contributed by atoms with van der Waals surface area (Å²) in [6, 6.07) is 20.0. The van der Waals surface area contributed by atoms with Crippen LogP contribution in [0.25, 0.3) is 11.3 Å². The molecule has 0 saturated carbocycles. The van der Waals surface area contributed by atoms with E-state index in [9.17, 15) is 0 Å². The Balaban J connectivity index is 1.79. The Morgan fingerprint density at radius 2 is 1.53 bits per heavy atom. The van der Waals surface area contributed by atoms with E-state index in [1.54, 1.807) is 0 Å². The van der Waals surface area contributed by atoms with E-state index in [1.807, 2.05) is 48.7 Å². The molecular weight excluding hydrogens is 234 g/mol. The van der Waals surface area contributed by atoms with Gasteiger partial charge in [0, 0.05) is 11.9 Å². The molecule has 94 valence electrons. The van der Waals surface area contributed by atoms with Crippen LogP contribution < -0.4 is 4.74 Å².